The first-order chi connectivity index (χ1) is 13.2. The molecule has 3 N–H and O–H groups in total. The molecule has 152 valence electrons. The normalized spacial score (nSPS) is 15.3. The molecule has 0 saturated heterocycles. The zero-order valence-corrected chi connectivity index (χ0v) is 18.7. The molecule has 0 aliphatic carbocycles. The third-order valence-electron chi connectivity index (χ3n) is 4.65. The first kappa shape index (κ1) is 22.6. The zero-order valence-electron chi connectivity index (χ0n) is 16.3. The molecule has 1 aliphatic rings. The fourth-order valence-electron chi connectivity index (χ4n) is 3.28. The predicted molar refractivity (Wildman–Crippen MR) is 124 cm³/mol. The highest BCUT2D eigenvalue weighted by Gasteiger charge is 2.18. The quantitative estimate of drug-likeness (QED) is 0.312. The molecule has 1 aromatic heterocycles. The van der Waals surface area contributed by atoms with Gasteiger partial charge in [-0.1, -0.05) is 30.3 Å². The molecule has 28 heavy (non-hydrogen) atoms. The van der Waals surface area contributed by atoms with Gasteiger partial charge in [0, 0.05) is 38.9 Å². The van der Waals surface area contributed by atoms with Crippen molar-refractivity contribution in [2.75, 3.05) is 26.2 Å². The van der Waals surface area contributed by atoms with Crippen LogP contribution in [0.15, 0.2) is 53.7 Å². The topological polar surface area (TPSA) is 72.8 Å². The monoisotopic (exact) mass is 495 g/mol. The van der Waals surface area contributed by atoms with E-state index < -0.39 is 6.10 Å². The van der Waals surface area contributed by atoms with E-state index >= 15 is 0 Å². The number of halogens is 1. The van der Waals surface area contributed by atoms with Crippen molar-refractivity contribution in [1.82, 2.24) is 20.5 Å². The van der Waals surface area contributed by atoms with E-state index in [1.807, 2.05) is 25.1 Å². The second kappa shape index (κ2) is 12.0. The Kier molecular flexibility index (Phi) is 9.66. The van der Waals surface area contributed by atoms with Crippen molar-refractivity contribution in [3.63, 3.8) is 0 Å². The number of pyridine rings is 1. The minimum atomic E-state index is -0.450. The van der Waals surface area contributed by atoms with Crippen molar-refractivity contribution >= 4 is 29.9 Å². The van der Waals surface area contributed by atoms with Gasteiger partial charge < -0.3 is 15.7 Å². The van der Waals surface area contributed by atoms with Gasteiger partial charge in [0.05, 0.1) is 18.3 Å². The first-order valence-electron chi connectivity index (χ1n) is 9.64. The summed E-state index contributed by atoms with van der Waals surface area (Å²) in [6, 6.07) is 14.4. The van der Waals surface area contributed by atoms with E-state index in [1.54, 1.807) is 6.20 Å². The van der Waals surface area contributed by atoms with Crippen LogP contribution in [0.5, 0.6) is 0 Å². The molecular weight excluding hydrogens is 465 g/mol. The van der Waals surface area contributed by atoms with Gasteiger partial charge in [0.15, 0.2) is 5.96 Å². The van der Waals surface area contributed by atoms with Crippen LogP contribution in [0.4, 0.5) is 0 Å². The summed E-state index contributed by atoms with van der Waals surface area (Å²) in [4.78, 5) is 11.1. The molecule has 3 rings (SSSR count). The molecule has 1 aliphatic heterocycles. The van der Waals surface area contributed by atoms with Crippen molar-refractivity contribution in [1.29, 1.82) is 0 Å². The number of aromatic nitrogens is 1. The molecule has 0 spiro atoms. The summed E-state index contributed by atoms with van der Waals surface area (Å²) in [5.41, 5.74) is 3.72. The van der Waals surface area contributed by atoms with Crippen molar-refractivity contribution in [2.24, 2.45) is 4.99 Å². The van der Waals surface area contributed by atoms with Crippen LogP contribution < -0.4 is 10.6 Å². The Morgan fingerprint density at radius 1 is 1.18 bits per heavy atom. The van der Waals surface area contributed by atoms with E-state index in [2.05, 4.69) is 49.8 Å². The van der Waals surface area contributed by atoms with Gasteiger partial charge in [-0.3, -0.25) is 9.88 Å². The van der Waals surface area contributed by atoms with Crippen LogP contribution in [0.25, 0.3) is 0 Å². The van der Waals surface area contributed by atoms with E-state index in [9.17, 15) is 5.11 Å². The van der Waals surface area contributed by atoms with E-state index in [4.69, 9.17) is 0 Å². The van der Waals surface area contributed by atoms with Gasteiger partial charge in [0.1, 0.15) is 0 Å². The fourth-order valence-corrected chi connectivity index (χ4v) is 3.28. The molecule has 1 unspecified atom stereocenters. The Bertz CT molecular complexity index is 741. The summed E-state index contributed by atoms with van der Waals surface area (Å²) in [5.74, 6) is 0.700. The molecule has 7 heteroatoms. The molecule has 6 nitrogen and oxygen atoms in total. The van der Waals surface area contributed by atoms with Crippen LogP contribution in [0.1, 0.15) is 23.7 Å². The molecule has 1 aromatic carbocycles. The molecule has 2 heterocycles. The Balaban J connectivity index is 0.00000280. The van der Waals surface area contributed by atoms with Crippen LogP contribution >= 0.6 is 24.0 Å². The minimum Gasteiger partial charge on any atom is -0.390 e. The van der Waals surface area contributed by atoms with Gasteiger partial charge in [-0.05, 0) is 36.6 Å². The third kappa shape index (κ3) is 7.03. The van der Waals surface area contributed by atoms with Crippen molar-refractivity contribution in [2.45, 2.75) is 32.5 Å². The SMILES string of the molecule is CCNC(=NCc1ccccn1)NCC(O)CN1CCc2ccccc2C1.I. The predicted octanol–water partition coefficient (Wildman–Crippen LogP) is 2.17. The molecule has 0 amide bonds. The Hall–Kier alpha value is -1.71. The highest BCUT2D eigenvalue weighted by atomic mass is 127. The Labute approximate surface area is 184 Å². The summed E-state index contributed by atoms with van der Waals surface area (Å²) in [7, 11) is 0. The minimum absolute atomic E-state index is 0. The molecule has 0 bridgehead atoms. The van der Waals surface area contributed by atoms with Gasteiger partial charge in [0.2, 0.25) is 0 Å². The van der Waals surface area contributed by atoms with Crippen LogP contribution in [0.2, 0.25) is 0 Å². The Morgan fingerprint density at radius 3 is 2.71 bits per heavy atom. The maximum atomic E-state index is 10.5. The highest BCUT2D eigenvalue weighted by Crippen LogP contribution is 2.18. The van der Waals surface area contributed by atoms with Crippen molar-refractivity contribution in [3.8, 4) is 0 Å². The number of aliphatic imine (C=N–C) groups is 1. The number of aliphatic hydroxyl groups is 1. The summed E-state index contributed by atoms with van der Waals surface area (Å²) >= 11 is 0. The number of hydrogen-bond acceptors (Lipinski definition) is 4. The second-order valence-corrected chi connectivity index (χ2v) is 6.80. The fraction of sp³-hybridized carbons (Fsp3) is 0.429. The van der Waals surface area contributed by atoms with Gasteiger partial charge in [-0.25, -0.2) is 4.99 Å². The summed E-state index contributed by atoms with van der Waals surface area (Å²) in [5, 5.41) is 16.9. The molecule has 0 saturated carbocycles. The van der Waals surface area contributed by atoms with Gasteiger partial charge in [-0.2, -0.15) is 0 Å². The lowest BCUT2D eigenvalue weighted by molar-refractivity contribution is 0.108. The van der Waals surface area contributed by atoms with Crippen LogP contribution in [0.3, 0.4) is 0 Å². The number of rotatable bonds is 7. The smallest absolute Gasteiger partial charge is 0.191 e. The summed E-state index contributed by atoms with van der Waals surface area (Å²) in [6.45, 7) is 6.32. The number of hydrogen-bond donors (Lipinski definition) is 3. The Morgan fingerprint density at radius 2 is 1.96 bits per heavy atom. The van der Waals surface area contributed by atoms with Crippen LogP contribution in [0, 0.1) is 0 Å². The summed E-state index contributed by atoms with van der Waals surface area (Å²) in [6.07, 6.45) is 2.37. The van der Waals surface area contributed by atoms with Gasteiger partial charge >= 0.3 is 0 Å². The lowest BCUT2D eigenvalue weighted by atomic mass is 10.00. The average molecular weight is 495 g/mol. The summed E-state index contributed by atoms with van der Waals surface area (Å²) < 4.78 is 0. The maximum absolute atomic E-state index is 10.5. The largest absolute Gasteiger partial charge is 0.390 e. The maximum Gasteiger partial charge on any atom is 0.191 e. The number of fused-ring (bicyclic) bond motifs is 1. The molecule has 1 atom stereocenters. The second-order valence-electron chi connectivity index (χ2n) is 6.80. The van der Waals surface area contributed by atoms with Crippen molar-refractivity contribution < 1.29 is 5.11 Å². The lowest BCUT2D eigenvalue weighted by Crippen LogP contribution is -2.45. The number of benzene rings is 1. The first-order valence-corrected chi connectivity index (χ1v) is 9.64. The van der Waals surface area contributed by atoms with Crippen LogP contribution in [-0.4, -0.2) is 53.2 Å². The zero-order chi connectivity index (χ0) is 18.9. The molecular formula is C21H30IN5O. The van der Waals surface area contributed by atoms with Gasteiger partial charge in [0.25, 0.3) is 0 Å². The van der Waals surface area contributed by atoms with E-state index in [-0.39, 0.29) is 24.0 Å². The molecule has 0 radical (unpaired) electrons. The number of guanidine groups is 1. The van der Waals surface area contributed by atoms with E-state index in [0.29, 0.717) is 25.6 Å². The van der Waals surface area contributed by atoms with Crippen LogP contribution in [-0.2, 0) is 19.5 Å². The average Bonchev–Trinajstić information content (AvgIpc) is 2.71. The lowest BCUT2D eigenvalue weighted by Gasteiger charge is -2.30. The van der Waals surface area contributed by atoms with E-state index in [0.717, 1.165) is 31.7 Å². The standard InChI is InChI=1S/C21H29N5O.HI/c1-2-22-21(24-13-19-9-5-6-11-23-19)25-14-20(27)16-26-12-10-17-7-3-4-8-18(17)15-26;/h3-9,11,20,27H,2,10,12-16H2,1H3,(H2,22,24,25);1H. The molecule has 0 fully saturated rings. The highest BCUT2D eigenvalue weighted by molar-refractivity contribution is 14.0. The van der Waals surface area contributed by atoms with E-state index in [1.165, 1.54) is 11.1 Å². The molecule has 2 aromatic rings. The van der Waals surface area contributed by atoms with Crippen molar-refractivity contribution in [3.05, 3.63) is 65.5 Å². The van der Waals surface area contributed by atoms with Gasteiger partial charge in [-0.15, -0.1) is 24.0 Å². The number of β-amino-alcohol motifs (C(OH)–C–C–N with tert-alkyl or cyclic N) is 1. The third-order valence-corrected chi connectivity index (χ3v) is 4.65. The number of aliphatic hydroxyl groups excluding tert-OH is 1. The number of nitrogens with zero attached hydrogens (tertiary/aromatic N) is 3. The number of nitrogens with one attached hydrogen (secondary N) is 2.